The molecule has 15 heavy (non-hydrogen) atoms. The summed E-state index contributed by atoms with van der Waals surface area (Å²) in [6.07, 6.45) is 9.99. The molecule has 1 saturated heterocycles. The van der Waals surface area contributed by atoms with E-state index in [2.05, 4.69) is 11.8 Å². The first-order valence-electron chi connectivity index (χ1n) is 6.75. The monoisotopic (exact) mass is 211 g/mol. The maximum absolute atomic E-state index is 9.53. The molecule has 1 atom stereocenters. The molecular formula is C13H25NO. The average Bonchev–Trinajstić information content (AvgIpc) is 2.30. The smallest absolute Gasteiger partial charge is 0.0541 e. The minimum Gasteiger partial charge on any atom is -0.393 e. The highest BCUT2D eigenvalue weighted by molar-refractivity contribution is 4.85. The van der Waals surface area contributed by atoms with E-state index in [9.17, 15) is 5.11 Å². The van der Waals surface area contributed by atoms with Crippen molar-refractivity contribution in [2.75, 3.05) is 6.54 Å². The molecule has 1 N–H and O–H groups in total. The molecule has 0 amide bonds. The summed E-state index contributed by atoms with van der Waals surface area (Å²) >= 11 is 0. The second-order valence-corrected chi connectivity index (χ2v) is 5.26. The normalized spacial score (nSPS) is 39.2. The number of aliphatic hydroxyl groups is 1. The lowest BCUT2D eigenvalue weighted by atomic mass is 9.88. The zero-order valence-corrected chi connectivity index (χ0v) is 9.99. The van der Waals surface area contributed by atoms with E-state index in [1.165, 1.54) is 45.1 Å². The summed E-state index contributed by atoms with van der Waals surface area (Å²) in [5, 5.41) is 9.53. The SMILES string of the molecule is CCC1CCCCN1C1CCC(O)CC1. The summed E-state index contributed by atoms with van der Waals surface area (Å²) in [5.74, 6) is 0. The third-order valence-corrected chi connectivity index (χ3v) is 4.28. The van der Waals surface area contributed by atoms with Crippen LogP contribution < -0.4 is 0 Å². The molecule has 2 rings (SSSR count). The second kappa shape index (κ2) is 5.31. The van der Waals surface area contributed by atoms with Crippen LogP contribution in [0.5, 0.6) is 0 Å². The second-order valence-electron chi connectivity index (χ2n) is 5.26. The van der Waals surface area contributed by atoms with Gasteiger partial charge in [-0.3, -0.25) is 4.90 Å². The molecule has 2 nitrogen and oxygen atoms in total. The van der Waals surface area contributed by atoms with Crippen LogP contribution in [0.25, 0.3) is 0 Å². The molecule has 0 spiro atoms. The fourth-order valence-corrected chi connectivity index (χ4v) is 3.33. The number of aliphatic hydroxyl groups excluding tert-OH is 1. The molecule has 2 fully saturated rings. The summed E-state index contributed by atoms with van der Waals surface area (Å²) in [6, 6.07) is 1.61. The first kappa shape index (κ1) is 11.4. The quantitative estimate of drug-likeness (QED) is 0.759. The van der Waals surface area contributed by atoms with Crippen LogP contribution in [0.15, 0.2) is 0 Å². The molecule has 0 aromatic heterocycles. The Morgan fingerprint density at radius 2 is 1.80 bits per heavy atom. The molecule has 1 unspecified atom stereocenters. The van der Waals surface area contributed by atoms with Crippen LogP contribution in [0.4, 0.5) is 0 Å². The zero-order chi connectivity index (χ0) is 10.7. The number of likely N-dealkylation sites (tertiary alicyclic amines) is 1. The van der Waals surface area contributed by atoms with Gasteiger partial charge in [0.2, 0.25) is 0 Å². The Kier molecular flexibility index (Phi) is 4.04. The largest absolute Gasteiger partial charge is 0.393 e. The Labute approximate surface area is 93.7 Å². The standard InChI is InChI=1S/C13H25NO/c1-2-11-5-3-4-10-14(11)12-6-8-13(15)9-7-12/h11-13,15H,2-10H2,1H3. The number of nitrogens with zero attached hydrogens (tertiary/aromatic N) is 1. The average molecular weight is 211 g/mol. The minimum atomic E-state index is -0.00822. The summed E-state index contributed by atoms with van der Waals surface area (Å²) in [4.78, 5) is 2.75. The van der Waals surface area contributed by atoms with Gasteiger partial charge in [-0.2, -0.15) is 0 Å². The van der Waals surface area contributed by atoms with Gasteiger partial charge in [0.05, 0.1) is 6.10 Å². The number of rotatable bonds is 2. The van der Waals surface area contributed by atoms with E-state index in [4.69, 9.17) is 0 Å². The molecular weight excluding hydrogens is 186 g/mol. The van der Waals surface area contributed by atoms with Gasteiger partial charge in [0, 0.05) is 12.1 Å². The van der Waals surface area contributed by atoms with Gasteiger partial charge in [-0.15, -0.1) is 0 Å². The van der Waals surface area contributed by atoms with Crippen molar-refractivity contribution in [1.29, 1.82) is 0 Å². The fraction of sp³-hybridized carbons (Fsp3) is 1.00. The predicted molar refractivity (Wildman–Crippen MR) is 62.9 cm³/mol. The maximum Gasteiger partial charge on any atom is 0.0541 e. The summed E-state index contributed by atoms with van der Waals surface area (Å²) < 4.78 is 0. The lowest BCUT2D eigenvalue weighted by Gasteiger charge is -2.43. The van der Waals surface area contributed by atoms with E-state index in [1.54, 1.807) is 0 Å². The summed E-state index contributed by atoms with van der Waals surface area (Å²) in [6.45, 7) is 3.62. The van der Waals surface area contributed by atoms with E-state index >= 15 is 0 Å². The topological polar surface area (TPSA) is 23.5 Å². The van der Waals surface area contributed by atoms with Crippen molar-refractivity contribution in [2.45, 2.75) is 76.5 Å². The van der Waals surface area contributed by atoms with Gasteiger partial charge in [-0.05, 0) is 51.5 Å². The van der Waals surface area contributed by atoms with Gasteiger partial charge in [-0.25, -0.2) is 0 Å². The number of hydrogen-bond acceptors (Lipinski definition) is 2. The van der Waals surface area contributed by atoms with Gasteiger partial charge in [0.25, 0.3) is 0 Å². The third-order valence-electron chi connectivity index (χ3n) is 4.28. The van der Waals surface area contributed by atoms with Crippen LogP contribution in [0.2, 0.25) is 0 Å². The van der Waals surface area contributed by atoms with Gasteiger partial charge >= 0.3 is 0 Å². The molecule has 0 aromatic rings. The van der Waals surface area contributed by atoms with E-state index < -0.39 is 0 Å². The number of hydrogen-bond donors (Lipinski definition) is 1. The highest BCUT2D eigenvalue weighted by Crippen LogP contribution is 2.29. The van der Waals surface area contributed by atoms with E-state index in [-0.39, 0.29) is 6.10 Å². The minimum absolute atomic E-state index is 0.00822. The van der Waals surface area contributed by atoms with Crippen molar-refractivity contribution in [3.05, 3.63) is 0 Å². The lowest BCUT2D eigenvalue weighted by Crippen LogP contribution is -2.47. The molecule has 0 radical (unpaired) electrons. The molecule has 2 heteroatoms. The Balaban J connectivity index is 1.90. The van der Waals surface area contributed by atoms with Crippen molar-refractivity contribution < 1.29 is 5.11 Å². The van der Waals surface area contributed by atoms with Crippen molar-refractivity contribution in [3.8, 4) is 0 Å². The van der Waals surface area contributed by atoms with Crippen molar-refractivity contribution in [1.82, 2.24) is 4.90 Å². The molecule has 88 valence electrons. The summed E-state index contributed by atoms with van der Waals surface area (Å²) in [7, 11) is 0. The van der Waals surface area contributed by atoms with E-state index in [0.29, 0.717) is 0 Å². The first-order valence-corrected chi connectivity index (χ1v) is 6.75. The Morgan fingerprint density at radius 3 is 2.47 bits per heavy atom. The van der Waals surface area contributed by atoms with Crippen LogP contribution in [0.1, 0.15) is 58.3 Å². The van der Waals surface area contributed by atoms with Crippen LogP contribution in [0.3, 0.4) is 0 Å². The molecule has 1 saturated carbocycles. The zero-order valence-electron chi connectivity index (χ0n) is 9.99. The Bertz CT molecular complexity index is 187. The lowest BCUT2D eigenvalue weighted by molar-refractivity contribution is 0.0343. The predicted octanol–water partition coefficient (Wildman–Crippen LogP) is 2.55. The van der Waals surface area contributed by atoms with Crippen LogP contribution in [-0.2, 0) is 0 Å². The molecule has 1 heterocycles. The van der Waals surface area contributed by atoms with Crippen LogP contribution in [-0.4, -0.2) is 34.7 Å². The van der Waals surface area contributed by atoms with E-state index in [0.717, 1.165) is 24.9 Å². The third kappa shape index (κ3) is 2.73. The van der Waals surface area contributed by atoms with Crippen LogP contribution >= 0.6 is 0 Å². The molecule has 2 aliphatic rings. The molecule has 0 aromatic carbocycles. The Hall–Kier alpha value is -0.0800. The van der Waals surface area contributed by atoms with Crippen LogP contribution in [0, 0.1) is 0 Å². The molecule has 1 aliphatic carbocycles. The van der Waals surface area contributed by atoms with Crippen molar-refractivity contribution in [3.63, 3.8) is 0 Å². The Morgan fingerprint density at radius 1 is 1.07 bits per heavy atom. The molecule has 1 aliphatic heterocycles. The van der Waals surface area contributed by atoms with Gasteiger partial charge in [-0.1, -0.05) is 13.3 Å². The highest BCUT2D eigenvalue weighted by Gasteiger charge is 2.30. The maximum atomic E-state index is 9.53. The first-order chi connectivity index (χ1) is 7.31. The van der Waals surface area contributed by atoms with Gasteiger partial charge in [0.1, 0.15) is 0 Å². The molecule has 0 bridgehead atoms. The fourth-order valence-electron chi connectivity index (χ4n) is 3.33. The van der Waals surface area contributed by atoms with Crippen molar-refractivity contribution in [2.24, 2.45) is 0 Å². The highest BCUT2D eigenvalue weighted by atomic mass is 16.3. The number of piperidine rings is 1. The van der Waals surface area contributed by atoms with Gasteiger partial charge < -0.3 is 5.11 Å². The van der Waals surface area contributed by atoms with E-state index in [1.807, 2.05) is 0 Å². The van der Waals surface area contributed by atoms with Crippen molar-refractivity contribution >= 4 is 0 Å². The van der Waals surface area contributed by atoms with Gasteiger partial charge in [0.15, 0.2) is 0 Å². The summed E-state index contributed by atoms with van der Waals surface area (Å²) in [5.41, 5.74) is 0.